The summed E-state index contributed by atoms with van der Waals surface area (Å²) in [6, 6.07) is 25.3. The fraction of sp³-hybridized carbons (Fsp3) is 0.147. The number of thioether (sulfide) groups is 1. The molecule has 0 aliphatic carbocycles. The first-order valence-corrected chi connectivity index (χ1v) is 15.2. The van der Waals surface area contributed by atoms with Gasteiger partial charge in [0, 0.05) is 35.9 Å². The topological polar surface area (TPSA) is 90.5 Å². The molecule has 3 N–H and O–H groups in total. The molecule has 0 aliphatic rings. The van der Waals surface area contributed by atoms with Crippen molar-refractivity contribution in [3.05, 3.63) is 124 Å². The number of hydrogen-bond acceptors (Lipinski definition) is 5. The summed E-state index contributed by atoms with van der Waals surface area (Å²) < 4.78 is 39.4. The number of amides is 3. The van der Waals surface area contributed by atoms with Gasteiger partial charge in [0.05, 0.1) is 21.5 Å². The molecular weight excluding hydrogens is 637 g/mol. The van der Waals surface area contributed by atoms with Crippen LogP contribution in [0.15, 0.2) is 108 Å². The zero-order valence-electron chi connectivity index (χ0n) is 25.0. The Labute approximate surface area is 273 Å². The van der Waals surface area contributed by atoms with Crippen LogP contribution in [-0.2, 0) is 15.8 Å². The predicted molar refractivity (Wildman–Crippen MR) is 178 cm³/mol. The second kappa shape index (κ2) is 15.0. The predicted octanol–water partition coefficient (Wildman–Crippen LogP) is 7.95. The van der Waals surface area contributed by atoms with Gasteiger partial charge in [0.1, 0.15) is 5.70 Å². The molecule has 4 rings (SSSR count). The lowest BCUT2D eigenvalue weighted by Crippen LogP contribution is -2.30. The van der Waals surface area contributed by atoms with Crippen LogP contribution in [0.2, 0.25) is 5.02 Å². The molecule has 4 aromatic carbocycles. The number of hydrogen-bond donors (Lipinski definition) is 3. The van der Waals surface area contributed by atoms with E-state index in [1.807, 2.05) is 43.3 Å². The second-order valence-corrected chi connectivity index (χ2v) is 12.1. The van der Waals surface area contributed by atoms with Gasteiger partial charge in [-0.3, -0.25) is 14.4 Å². The van der Waals surface area contributed by atoms with Gasteiger partial charge in [0.2, 0.25) is 5.91 Å². The van der Waals surface area contributed by atoms with Gasteiger partial charge in [-0.2, -0.15) is 13.2 Å². The fourth-order valence-corrected chi connectivity index (χ4v) is 5.20. The number of benzene rings is 4. The summed E-state index contributed by atoms with van der Waals surface area (Å²) >= 11 is 7.16. The quantitative estimate of drug-likeness (QED) is 0.118. The molecule has 0 fully saturated rings. The number of rotatable bonds is 10. The van der Waals surface area contributed by atoms with Crippen molar-refractivity contribution in [3.63, 3.8) is 0 Å². The van der Waals surface area contributed by atoms with Gasteiger partial charge in [-0.05, 0) is 79.2 Å². The smallest absolute Gasteiger partial charge is 0.378 e. The normalized spacial score (nSPS) is 12.2. The average Bonchev–Trinajstić information content (AvgIpc) is 3.02. The van der Waals surface area contributed by atoms with Gasteiger partial charge in [-0.25, -0.2) is 0 Å². The molecule has 0 heterocycles. The number of carbonyl (C=O) groups excluding carboxylic acids is 3. The van der Waals surface area contributed by atoms with Crippen LogP contribution >= 0.6 is 23.4 Å². The summed E-state index contributed by atoms with van der Waals surface area (Å²) in [5.41, 5.74) is 1.35. The van der Waals surface area contributed by atoms with E-state index in [4.69, 9.17) is 11.6 Å². The Kier molecular flexibility index (Phi) is 11.2. The van der Waals surface area contributed by atoms with Gasteiger partial charge < -0.3 is 20.9 Å². The first-order valence-electron chi connectivity index (χ1n) is 13.9. The Hall–Kier alpha value is -4.74. The minimum atomic E-state index is -4.59. The fourth-order valence-electron chi connectivity index (χ4n) is 4.11. The molecule has 1 atom stereocenters. The lowest BCUT2D eigenvalue weighted by Gasteiger charge is -2.16. The Morgan fingerprint density at radius 1 is 0.870 bits per heavy atom. The van der Waals surface area contributed by atoms with E-state index < -0.39 is 34.7 Å². The van der Waals surface area contributed by atoms with E-state index in [9.17, 15) is 27.6 Å². The zero-order chi connectivity index (χ0) is 33.4. The molecule has 46 heavy (non-hydrogen) atoms. The molecule has 238 valence electrons. The zero-order valence-corrected chi connectivity index (χ0v) is 26.6. The molecule has 0 aliphatic heterocycles. The highest BCUT2D eigenvalue weighted by Crippen LogP contribution is 2.34. The van der Waals surface area contributed by atoms with Crippen molar-refractivity contribution in [1.82, 2.24) is 5.32 Å². The lowest BCUT2D eigenvalue weighted by atomic mass is 10.1. The third-order valence-corrected chi connectivity index (χ3v) is 8.00. The van der Waals surface area contributed by atoms with Gasteiger partial charge in [0.15, 0.2) is 0 Å². The largest absolute Gasteiger partial charge is 0.416 e. The molecule has 7 nitrogen and oxygen atoms in total. The van der Waals surface area contributed by atoms with Gasteiger partial charge >= 0.3 is 6.18 Å². The van der Waals surface area contributed by atoms with Crippen LogP contribution in [0.5, 0.6) is 0 Å². The maximum Gasteiger partial charge on any atom is 0.416 e. The Morgan fingerprint density at radius 3 is 2.22 bits per heavy atom. The number of carbonyl (C=O) groups is 3. The van der Waals surface area contributed by atoms with Crippen LogP contribution in [-0.4, -0.2) is 37.1 Å². The molecule has 1 unspecified atom stereocenters. The minimum absolute atomic E-state index is 0.00947. The van der Waals surface area contributed by atoms with E-state index in [1.165, 1.54) is 0 Å². The SMILES string of the molecule is CC(Sc1cccc(NC(=O)/C(=C\c2ccc(N(C)C)cc2)NC(=O)c2ccccc2)c1)C(=O)Nc1cc(C(F)(F)F)ccc1Cl. The second-order valence-electron chi connectivity index (χ2n) is 10.3. The van der Waals surface area contributed by atoms with Crippen LogP contribution in [0.3, 0.4) is 0 Å². The summed E-state index contributed by atoms with van der Waals surface area (Å²) in [6.07, 6.45) is -3.02. The van der Waals surface area contributed by atoms with Crippen molar-refractivity contribution in [2.45, 2.75) is 23.2 Å². The van der Waals surface area contributed by atoms with E-state index in [0.717, 1.165) is 35.6 Å². The molecule has 3 amide bonds. The Bertz CT molecular complexity index is 1750. The standard InChI is InChI=1S/C34H30ClF3N4O3S/c1-21(31(43)40-29-19-24(34(36,37)38)14-17-28(29)35)46-27-11-7-10-25(20-27)39-33(45)30(41-32(44)23-8-5-4-6-9-23)18-22-12-15-26(16-13-22)42(2)3/h4-21H,1-3H3,(H,39,45)(H,40,43)(H,41,44)/b30-18+. The summed E-state index contributed by atoms with van der Waals surface area (Å²) in [5, 5.41) is 7.19. The molecule has 0 radical (unpaired) electrons. The van der Waals surface area contributed by atoms with E-state index in [-0.39, 0.29) is 16.4 Å². The minimum Gasteiger partial charge on any atom is -0.378 e. The van der Waals surface area contributed by atoms with Crippen molar-refractivity contribution in [1.29, 1.82) is 0 Å². The van der Waals surface area contributed by atoms with Gasteiger partial charge in [0.25, 0.3) is 11.8 Å². The third-order valence-electron chi connectivity index (χ3n) is 6.57. The highest BCUT2D eigenvalue weighted by molar-refractivity contribution is 8.00. The Balaban J connectivity index is 1.49. The van der Waals surface area contributed by atoms with Crippen LogP contribution in [0.4, 0.5) is 30.2 Å². The molecule has 0 saturated carbocycles. The van der Waals surface area contributed by atoms with E-state index in [1.54, 1.807) is 67.6 Å². The lowest BCUT2D eigenvalue weighted by molar-refractivity contribution is -0.137. The molecule has 12 heteroatoms. The van der Waals surface area contributed by atoms with Crippen molar-refractivity contribution in [3.8, 4) is 0 Å². The van der Waals surface area contributed by atoms with Gasteiger partial charge in [-0.1, -0.05) is 48.0 Å². The molecule has 4 aromatic rings. The molecular formula is C34H30ClF3N4O3S. The monoisotopic (exact) mass is 666 g/mol. The van der Waals surface area contributed by atoms with Crippen molar-refractivity contribution in [2.75, 3.05) is 29.6 Å². The third kappa shape index (κ3) is 9.38. The maximum atomic E-state index is 13.5. The van der Waals surface area contributed by atoms with Gasteiger partial charge in [-0.15, -0.1) is 11.8 Å². The first-order chi connectivity index (χ1) is 21.8. The van der Waals surface area contributed by atoms with E-state index >= 15 is 0 Å². The van der Waals surface area contributed by atoms with Crippen LogP contribution in [0.1, 0.15) is 28.4 Å². The first kappa shape index (κ1) is 34.1. The highest BCUT2D eigenvalue weighted by Gasteiger charge is 2.31. The van der Waals surface area contributed by atoms with Crippen LogP contribution in [0.25, 0.3) is 6.08 Å². The number of nitrogens with one attached hydrogen (secondary N) is 3. The number of halogens is 4. The summed E-state index contributed by atoms with van der Waals surface area (Å²) in [6.45, 7) is 1.59. The average molecular weight is 667 g/mol. The summed E-state index contributed by atoms with van der Waals surface area (Å²) in [7, 11) is 3.82. The summed E-state index contributed by atoms with van der Waals surface area (Å²) in [5.74, 6) is -1.60. The number of alkyl halides is 3. The van der Waals surface area contributed by atoms with Crippen molar-refractivity contribution >= 4 is 64.2 Å². The molecule has 0 bridgehead atoms. The highest BCUT2D eigenvalue weighted by atomic mass is 35.5. The molecule has 0 aromatic heterocycles. The summed E-state index contributed by atoms with van der Waals surface area (Å²) in [4.78, 5) is 41.8. The van der Waals surface area contributed by atoms with Crippen LogP contribution < -0.4 is 20.9 Å². The molecule has 0 saturated heterocycles. The Morgan fingerprint density at radius 2 is 1.57 bits per heavy atom. The van der Waals surface area contributed by atoms with Crippen molar-refractivity contribution < 1.29 is 27.6 Å². The van der Waals surface area contributed by atoms with Crippen LogP contribution in [0, 0.1) is 0 Å². The van der Waals surface area contributed by atoms with E-state index in [0.29, 0.717) is 21.7 Å². The maximum absolute atomic E-state index is 13.5. The molecule has 0 spiro atoms. The number of nitrogens with zero attached hydrogens (tertiary/aromatic N) is 1. The number of anilines is 3. The van der Waals surface area contributed by atoms with Crippen molar-refractivity contribution in [2.24, 2.45) is 0 Å². The van der Waals surface area contributed by atoms with E-state index in [2.05, 4.69) is 16.0 Å².